The van der Waals surface area contributed by atoms with Gasteiger partial charge in [0.05, 0.1) is 4.92 Å². The summed E-state index contributed by atoms with van der Waals surface area (Å²) in [5, 5.41) is 11.9. The van der Waals surface area contributed by atoms with Crippen LogP contribution in [0.5, 0.6) is 0 Å². The zero-order chi connectivity index (χ0) is 18.0. The average molecular weight is 338 g/mol. The summed E-state index contributed by atoms with van der Waals surface area (Å²) >= 11 is 0. The average Bonchev–Trinajstić information content (AvgIpc) is 2.99. The van der Waals surface area contributed by atoms with Gasteiger partial charge in [-0.2, -0.15) is 0 Å². The number of para-hydroxylation sites is 1. The largest absolute Gasteiger partial charge is 0.461 e. The van der Waals surface area contributed by atoms with Gasteiger partial charge in [0.25, 0.3) is 11.6 Å². The molecule has 25 heavy (non-hydrogen) atoms. The van der Waals surface area contributed by atoms with Crippen molar-refractivity contribution in [2.24, 2.45) is 0 Å². The van der Waals surface area contributed by atoms with Crippen molar-refractivity contribution in [1.29, 1.82) is 0 Å². The molecular formula is C19H18N2O4. The summed E-state index contributed by atoms with van der Waals surface area (Å²) in [5.41, 5.74) is 1.97. The van der Waals surface area contributed by atoms with E-state index in [4.69, 9.17) is 4.42 Å². The molecule has 0 spiro atoms. The number of hydrogen-bond acceptors (Lipinski definition) is 4. The first-order valence-electron chi connectivity index (χ1n) is 8.00. The Kier molecular flexibility index (Phi) is 4.52. The van der Waals surface area contributed by atoms with Crippen molar-refractivity contribution >= 4 is 22.6 Å². The molecule has 0 N–H and O–H groups in total. The highest BCUT2D eigenvalue weighted by Crippen LogP contribution is 2.27. The number of fused-ring (bicyclic) bond motifs is 1. The second kappa shape index (κ2) is 6.76. The SMILES string of the molecule is CCc1oc2ccccc2c1CN(C)C(=O)c1cccc([N+](=O)[O-])c1. The summed E-state index contributed by atoms with van der Waals surface area (Å²) in [4.78, 5) is 24.6. The van der Waals surface area contributed by atoms with Gasteiger partial charge < -0.3 is 9.32 Å². The third-order valence-corrected chi connectivity index (χ3v) is 4.15. The number of furan rings is 1. The summed E-state index contributed by atoms with van der Waals surface area (Å²) in [5.74, 6) is 0.580. The first-order valence-corrected chi connectivity index (χ1v) is 8.00. The van der Waals surface area contributed by atoms with Crippen LogP contribution in [0, 0.1) is 10.1 Å². The third kappa shape index (κ3) is 3.24. The fourth-order valence-corrected chi connectivity index (χ4v) is 2.89. The van der Waals surface area contributed by atoms with Gasteiger partial charge in [-0.3, -0.25) is 14.9 Å². The molecule has 0 aliphatic rings. The lowest BCUT2D eigenvalue weighted by atomic mass is 10.1. The predicted octanol–water partition coefficient (Wildman–Crippen LogP) is 4.18. The molecule has 0 bridgehead atoms. The molecule has 6 nitrogen and oxygen atoms in total. The Balaban J connectivity index is 1.89. The van der Waals surface area contributed by atoms with Crippen LogP contribution >= 0.6 is 0 Å². The molecule has 0 radical (unpaired) electrons. The zero-order valence-corrected chi connectivity index (χ0v) is 14.1. The van der Waals surface area contributed by atoms with Crippen molar-refractivity contribution in [3.63, 3.8) is 0 Å². The van der Waals surface area contributed by atoms with E-state index in [0.717, 1.165) is 28.7 Å². The van der Waals surface area contributed by atoms with E-state index in [1.165, 1.54) is 18.2 Å². The highest BCUT2D eigenvalue weighted by atomic mass is 16.6. The van der Waals surface area contributed by atoms with Crippen LogP contribution in [0.4, 0.5) is 5.69 Å². The number of non-ortho nitro benzene ring substituents is 1. The lowest BCUT2D eigenvalue weighted by Gasteiger charge is -2.17. The summed E-state index contributed by atoms with van der Waals surface area (Å²) in [6, 6.07) is 13.5. The van der Waals surface area contributed by atoms with Crippen LogP contribution in [0.25, 0.3) is 11.0 Å². The number of aryl methyl sites for hydroxylation is 1. The van der Waals surface area contributed by atoms with Gasteiger partial charge in [-0.1, -0.05) is 31.2 Å². The number of nitrogens with zero attached hydrogens (tertiary/aromatic N) is 2. The Morgan fingerprint density at radius 2 is 1.96 bits per heavy atom. The Morgan fingerprint density at radius 1 is 1.20 bits per heavy atom. The van der Waals surface area contributed by atoms with Gasteiger partial charge >= 0.3 is 0 Å². The Hall–Kier alpha value is -3.15. The molecule has 3 aromatic rings. The van der Waals surface area contributed by atoms with E-state index < -0.39 is 4.92 Å². The smallest absolute Gasteiger partial charge is 0.270 e. The molecule has 0 aliphatic carbocycles. The standard InChI is InChI=1S/C19H18N2O4/c1-3-17-16(15-9-4-5-10-18(15)25-17)12-20(2)19(22)13-7-6-8-14(11-13)21(23)24/h4-11H,3,12H2,1-2H3. The van der Waals surface area contributed by atoms with Gasteiger partial charge in [0.2, 0.25) is 0 Å². The molecule has 0 unspecified atom stereocenters. The second-order valence-electron chi connectivity index (χ2n) is 5.82. The maximum atomic E-state index is 12.7. The monoisotopic (exact) mass is 338 g/mol. The van der Waals surface area contributed by atoms with Gasteiger partial charge in [0.15, 0.2) is 0 Å². The first kappa shape index (κ1) is 16.7. The quantitative estimate of drug-likeness (QED) is 0.516. The molecule has 128 valence electrons. The lowest BCUT2D eigenvalue weighted by molar-refractivity contribution is -0.384. The molecule has 0 atom stereocenters. The van der Waals surface area contributed by atoms with E-state index in [9.17, 15) is 14.9 Å². The second-order valence-corrected chi connectivity index (χ2v) is 5.82. The molecule has 2 aromatic carbocycles. The van der Waals surface area contributed by atoms with Crippen molar-refractivity contribution in [3.8, 4) is 0 Å². The molecule has 3 rings (SSSR count). The highest BCUT2D eigenvalue weighted by Gasteiger charge is 2.19. The van der Waals surface area contributed by atoms with E-state index >= 15 is 0 Å². The van der Waals surface area contributed by atoms with Crippen LogP contribution < -0.4 is 0 Å². The predicted molar refractivity (Wildman–Crippen MR) is 94.5 cm³/mol. The molecule has 1 amide bonds. The number of amides is 1. The number of hydrogen-bond donors (Lipinski definition) is 0. The number of nitro groups is 1. The van der Waals surface area contributed by atoms with E-state index in [2.05, 4.69) is 0 Å². The molecular weight excluding hydrogens is 320 g/mol. The van der Waals surface area contributed by atoms with Crippen LogP contribution in [-0.4, -0.2) is 22.8 Å². The minimum atomic E-state index is -0.504. The topological polar surface area (TPSA) is 76.6 Å². The molecule has 6 heteroatoms. The number of carbonyl (C=O) groups is 1. The Bertz CT molecular complexity index is 946. The van der Waals surface area contributed by atoms with Crippen molar-refractivity contribution in [2.45, 2.75) is 19.9 Å². The highest BCUT2D eigenvalue weighted by molar-refractivity contribution is 5.95. The van der Waals surface area contributed by atoms with Crippen LogP contribution in [0.3, 0.4) is 0 Å². The summed E-state index contributed by atoms with van der Waals surface area (Å²) < 4.78 is 5.86. The number of rotatable bonds is 5. The van der Waals surface area contributed by atoms with E-state index in [0.29, 0.717) is 12.1 Å². The summed E-state index contributed by atoms with van der Waals surface area (Å²) in [6.45, 7) is 2.38. The van der Waals surface area contributed by atoms with Crippen LogP contribution in [-0.2, 0) is 13.0 Å². The fraction of sp³-hybridized carbons (Fsp3) is 0.211. The number of benzene rings is 2. The summed E-state index contributed by atoms with van der Waals surface area (Å²) in [7, 11) is 1.68. The molecule has 1 heterocycles. The van der Waals surface area contributed by atoms with E-state index in [1.54, 1.807) is 18.0 Å². The molecule has 1 aromatic heterocycles. The maximum absolute atomic E-state index is 12.7. The first-order chi connectivity index (χ1) is 12.0. The van der Waals surface area contributed by atoms with Gasteiger partial charge in [0, 0.05) is 48.7 Å². The molecule has 0 fully saturated rings. The Labute approximate surface area is 144 Å². The van der Waals surface area contributed by atoms with E-state index in [1.807, 2.05) is 31.2 Å². The van der Waals surface area contributed by atoms with Gasteiger partial charge in [-0.05, 0) is 12.1 Å². The van der Waals surface area contributed by atoms with Gasteiger partial charge in [-0.25, -0.2) is 0 Å². The van der Waals surface area contributed by atoms with Crippen LogP contribution in [0.1, 0.15) is 28.6 Å². The van der Waals surface area contributed by atoms with Crippen LogP contribution in [0.2, 0.25) is 0 Å². The van der Waals surface area contributed by atoms with Gasteiger partial charge in [-0.15, -0.1) is 0 Å². The third-order valence-electron chi connectivity index (χ3n) is 4.15. The zero-order valence-electron chi connectivity index (χ0n) is 14.1. The lowest BCUT2D eigenvalue weighted by Crippen LogP contribution is -2.26. The van der Waals surface area contributed by atoms with Crippen molar-refractivity contribution < 1.29 is 14.1 Å². The summed E-state index contributed by atoms with van der Waals surface area (Å²) in [6.07, 6.45) is 0.725. The minimum absolute atomic E-state index is 0.0951. The molecule has 0 saturated heterocycles. The molecule has 0 saturated carbocycles. The van der Waals surface area contributed by atoms with Crippen molar-refractivity contribution in [3.05, 3.63) is 75.5 Å². The number of carbonyl (C=O) groups excluding carboxylic acids is 1. The normalized spacial score (nSPS) is 10.8. The van der Waals surface area contributed by atoms with Crippen molar-refractivity contribution in [1.82, 2.24) is 4.90 Å². The van der Waals surface area contributed by atoms with Crippen molar-refractivity contribution in [2.75, 3.05) is 7.05 Å². The maximum Gasteiger partial charge on any atom is 0.270 e. The fourth-order valence-electron chi connectivity index (χ4n) is 2.89. The van der Waals surface area contributed by atoms with Crippen LogP contribution in [0.15, 0.2) is 52.9 Å². The number of nitro benzene ring substituents is 1. The molecule has 0 aliphatic heterocycles. The Morgan fingerprint density at radius 3 is 2.68 bits per heavy atom. The van der Waals surface area contributed by atoms with E-state index in [-0.39, 0.29) is 11.6 Å². The van der Waals surface area contributed by atoms with Gasteiger partial charge in [0.1, 0.15) is 11.3 Å². The minimum Gasteiger partial charge on any atom is -0.461 e.